The Labute approximate surface area is 118 Å². The zero-order valence-corrected chi connectivity index (χ0v) is 11.7. The van der Waals surface area contributed by atoms with Crippen molar-refractivity contribution < 1.29 is 14.6 Å². The lowest BCUT2D eigenvalue weighted by Gasteiger charge is -2.10. The van der Waals surface area contributed by atoms with Gasteiger partial charge in [-0.05, 0) is 37.6 Å². The van der Waals surface area contributed by atoms with E-state index in [0.29, 0.717) is 5.75 Å². The molecule has 0 heterocycles. The Morgan fingerprint density at radius 3 is 2.50 bits per heavy atom. The number of hydrogen-bond donors (Lipinski definition) is 2. The van der Waals surface area contributed by atoms with Crippen LogP contribution in [0, 0.1) is 13.8 Å². The van der Waals surface area contributed by atoms with Crippen molar-refractivity contribution in [3.8, 4) is 11.5 Å². The third kappa shape index (κ3) is 2.91. The van der Waals surface area contributed by atoms with Crippen LogP contribution in [0.5, 0.6) is 11.5 Å². The van der Waals surface area contributed by atoms with E-state index < -0.39 is 0 Å². The molecule has 0 spiro atoms. The monoisotopic (exact) mass is 271 g/mol. The van der Waals surface area contributed by atoms with Crippen LogP contribution in [0.15, 0.2) is 36.4 Å². The van der Waals surface area contributed by atoms with E-state index in [1.807, 2.05) is 32.0 Å². The number of amides is 1. The van der Waals surface area contributed by atoms with Gasteiger partial charge in [0.05, 0.1) is 12.7 Å². The van der Waals surface area contributed by atoms with Crippen LogP contribution < -0.4 is 10.1 Å². The zero-order valence-electron chi connectivity index (χ0n) is 11.7. The molecule has 0 aromatic heterocycles. The minimum Gasteiger partial charge on any atom is -0.507 e. The van der Waals surface area contributed by atoms with E-state index in [-0.39, 0.29) is 17.2 Å². The molecule has 0 aliphatic carbocycles. The van der Waals surface area contributed by atoms with E-state index in [0.717, 1.165) is 16.8 Å². The first-order valence-corrected chi connectivity index (χ1v) is 6.27. The van der Waals surface area contributed by atoms with Crippen molar-refractivity contribution in [3.05, 3.63) is 53.1 Å². The first kappa shape index (κ1) is 13.9. The lowest BCUT2D eigenvalue weighted by atomic mass is 10.1. The SMILES string of the molecule is COc1ccc(C(=O)Nc2ccc(C)cc2C)c(O)c1. The van der Waals surface area contributed by atoms with E-state index in [9.17, 15) is 9.90 Å². The van der Waals surface area contributed by atoms with Crippen molar-refractivity contribution in [2.75, 3.05) is 12.4 Å². The van der Waals surface area contributed by atoms with Gasteiger partial charge in [0.15, 0.2) is 0 Å². The predicted molar refractivity (Wildman–Crippen MR) is 78.5 cm³/mol. The van der Waals surface area contributed by atoms with Crippen molar-refractivity contribution in [2.45, 2.75) is 13.8 Å². The first-order valence-electron chi connectivity index (χ1n) is 6.27. The summed E-state index contributed by atoms with van der Waals surface area (Å²) in [6, 6.07) is 10.4. The average Bonchev–Trinajstić information content (AvgIpc) is 2.41. The minimum atomic E-state index is -0.350. The molecule has 0 saturated heterocycles. The van der Waals surface area contributed by atoms with Gasteiger partial charge in [0.2, 0.25) is 0 Å². The standard InChI is InChI=1S/C16H17NO3/c1-10-4-7-14(11(2)8-10)17-16(19)13-6-5-12(20-3)9-15(13)18/h4-9,18H,1-3H3,(H,17,19). The van der Waals surface area contributed by atoms with E-state index in [1.54, 1.807) is 6.07 Å². The highest BCUT2D eigenvalue weighted by Gasteiger charge is 2.13. The molecule has 20 heavy (non-hydrogen) atoms. The van der Waals surface area contributed by atoms with Crippen molar-refractivity contribution in [3.63, 3.8) is 0 Å². The molecule has 0 radical (unpaired) electrons. The molecule has 4 nitrogen and oxygen atoms in total. The number of rotatable bonds is 3. The molecule has 0 unspecified atom stereocenters. The quantitative estimate of drug-likeness (QED) is 0.900. The van der Waals surface area contributed by atoms with E-state index in [1.165, 1.54) is 19.2 Å². The van der Waals surface area contributed by atoms with Gasteiger partial charge in [-0.3, -0.25) is 4.79 Å². The number of phenols is 1. The molecule has 0 saturated carbocycles. The minimum absolute atomic E-state index is 0.105. The maximum Gasteiger partial charge on any atom is 0.259 e. The van der Waals surface area contributed by atoms with Crippen molar-refractivity contribution >= 4 is 11.6 Å². The van der Waals surface area contributed by atoms with Gasteiger partial charge in [0, 0.05) is 11.8 Å². The van der Waals surface area contributed by atoms with Gasteiger partial charge in [-0.2, -0.15) is 0 Å². The van der Waals surface area contributed by atoms with Crippen LogP contribution in [0.3, 0.4) is 0 Å². The van der Waals surface area contributed by atoms with Crippen LogP contribution in [0.4, 0.5) is 5.69 Å². The van der Waals surface area contributed by atoms with Crippen molar-refractivity contribution in [1.82, 2.24) is 0 Å². The number of benzene rings is 2. The summed E-state index contributed by atoms with van der Waals surface area (Å²) in [5, 5.41) is 12.6. The molecule has 104 valence electrons. The topological polar surface area (TPSA) is 58.6 Å². The number of hydrogen-bond acceptors (Lipinski definition) is 3. The lowest BCUT2D eigenvalue weighted by Crippen LogP contribution is -2.13. The van der Waals surface area contributed by atoms with E-state index >= 15 is 0 Å². The average molecular weight is 271 g/mol. The molecule has 4 heteroatoms. The highest BCUT2D eigenvalue weighted by Crippen LogP contribution is 2.25. The number of aromatic hydroxyl groups is 1. The molecule has 0 fully saturated rings. The Morgan fingerprint density at radius 2 is 1.90 bits per heavy atom. The Morgan fingerprint density at radius 1 is 1.15 bits per heavy atom. The third-order valence-electron chi connectivity index (χ3n) is 3.08. The van der Waals surface area contributed by atoms with Gasteiger partial charge in [-0.1, -0.05) is 17.7 Å². The predicted octanol–water partition coefficient (Wildman–Crippen LogP) is 3.27. The number of carbonyl (C=O) groups excluding carboxylic acids is 1. The highest BCUT2D eigenvalue weighted by atomic mass is 16.5. The third-order valence-corrected chi connectivity index (χ3v) is 3.08. The summed E-state index contributed by atoms with van der Waals surface area (Å²) in [4.78, 5) is 12.2. The number of anilines is 1. The molecule has 2 rings (SSSR count). The fourth-order valence-electron chi connectivity index (χ4n) is 1.97. The summed E-state index contributed by atoms with van der Waals surface area (Å²) in [7, 11) is 1.50. The summed E-state index contributed by atoms with van der Waals surface area (Å²) in [6.45, 7) is 3.92. The number of methoxy groups -OCH3 is 1. The molecule has 0 aliphatic heterocycles. The van der Waals surface area contributed by atoms with Gasteiger partial charge in [0.1, 0.15) is 11.5 Å². The van der Waals surface area contributed by atoms with Crippen molar-refractivity contribution in [1.29, 1.82) is 0 Å². The second-order valence-corrected chi connectivity index (χ2v) is 4.66. The van der Waals surface area contributed by atoms with Gasteiger partial charge >= 0.3 is 0 Å². The van der Waals surface area contributed by atoms with Crippen LogP contribution in [-0.4, -0.2) is 18.1 Å². The molecule has 0 atom stereocenters. The zero-order chi connectivity index (χ0) is 14.7. The summed E-state index contributed by atoms with van der Waals surface area (Å²) in [5.74, 6) is 0.0503. The molecular weight excluding hydrogens is 254 g/mol. The van der Waals surface area contributed by atoms with Crippen LogP contribution in [-0.2, 0) is 0 Å². The molecule has 2 N–H and O–H groups in total. The second kappa shape index (κ2) is 5.65. The molecule has 0 bridgehead atoms. The summed E-state index contributed by atoms with van der Waals surface area (Å²) in [5.41, 5.74) is 3.06. The fourth-order valence-corrected chi connectivity index (χ4v) is 1.97. The van der Waals surface area contributed by atoms with Gasteiger partial charge in [0.25, 0.3) is 5.91 Å². The summed E-state index contributed by atoms with van der Waals surface area (Å²) in [6.07, 6.45) is 0. The highest BCUT2D eigenvalue weighted by molar-refractivity contribution is 6.06. The van der Waals surface area contributed by atoms with E-state index in [4.69, 9.17) is 4.74 Å². The molecule has 2 aromatic rings. The summed E-state index contributed by atoms with van der Waals surface area (Å²) < 4.78 is 4.99. The van der Waals surface area contributed by atoms with Crippen molar-refractivity contribution in [2.24, 2.45) is 0 Å². The molecule has 2 aromatic carbocycles. The lowest BCUT2D eigenvalue weighted by molar-refractivity contribution is 0.102. The van der Waals surface area contributed by atoms with E-state index in [2.05, 4.69) is 5.32 Å². The van der Waals surface area contributed by atoms with Crippen LogP contribution in [0.25, 0.3) is 0 Å². The first-order chi connectivity index (χ1) is 9.51. The maximum absolute atomic E-state index is 12.2. The molecule has 1 amide bonds. The number of phenolic OH excluding ortho intramolecular Hbond substituents is 1. The number of nitrogens with one attached hydrogen (secondary N) is 1. The van der Waals surface area contributed by atoms with Gasteiger partial charge in [-0.15, -0.1) is 0 Å². The van der Waals surface area contributed by atoms with Crippen LogP contribution in [0.2, 0.25) is 0 Å². The second-order valence-electron chi connectivity index (χ2n) is 4.66. The Balaban J connectivity index is 2.24. The summed E-state index contributed by atoms with van der Waals surface area (Å²) >= 11 is 0. The smallest absolute Gasteiger partial charge is 0.259 e. The number of ether oxygens (including phenoxy) is 1. The van der Waals surface area contributed by atoms with Gasteiger partial charge in [-0.25, -0.2) is 0 Å². The normalized spacial score (nSPS) is 10.2. The Kier molecular flexibility index (Phi) is 3.94. The number of aryl methyl sites for hydroxylation is 2. The van der Waals surface area contributed by atoms with Crippen LogP contribution in [0.1, 0.15) is 21.5 Å². The maximum atomic E-state index is 12.2. The Hall–Kier alpha value is -2.49. The molecular formula is C16H17NO3. The number of carbonyl (C=O) groups is 1. The Bertz CT molecular complexity index is 650. The fraction of sp³-hybridized carbons (Fsp3) is 0.188. The van der Waals surface area contributed by atoms with Crippen LogP contribution >= 0.6 is 0 Å². The largest absolute Gasteiger partial charge is 0.507 e. The van der Waals surface area contributed by atoms with Gasteiger partial charge < -0.3 is 15.2 Å². The molecule has 0 aliphatic rings.